The number of carboxylic acids is 1. The molecule has 3 N–H and O–H groups in total. The van der Waals surface area contributed by atoms with E-state index in [0.717, 1.165) is 12.8 Å². The average molecular weight is 143 g/mol. The van der Waals surface area contributed by atoms with Gasteiger partial charge in [-0.2, -0.15) is 0 Å². The van der Waals surface area contributed by atoms with Crippen LogP contribution in [0.25, 0.3) is 0 Å². The average Bonchev–Trinajstić information content (AvgIpc) is 1.79. The molecule has 1 aliphatic carbocycles. The lowest BCUT2D eigenvalue weighted by molar-refractivity contribution is -0.141. The van der Waals surface area contributed by atoms with Crippen LogP contribution in [0, 0.1) is 11.8 Å². The van der Waals surface area contributed by atoms with Crippen molar-refractivity contribution < 1.29 is 9.90 Å². The molecule has 1 atom stereocenters. The zero-order valence-corrected chi connectivity index (χ0v) is 6.08. The fraction of sp³-hybridized carbons (Fsp3) is 0.857. The Kier molecular flexibility index (Phi) is 1.94. The third-order valence-corrected chi connectivity index (χ3v) is 2.20. The van der Waals surface area contributed by atoms with Crippen LogP contribution >= 0.6 is 0 Å². The van der Waals surface area contributed by atoms with E-state index in [2.05, 4.69) is 6.92 Å². The molecular formula is C7H13NO2. The molecular weight excluding hydrogens is 130 g/mol. The SMILES string of the molecule is C[C@H]1C[C@@H]([C@@H](N)C(=O)O)C1. The third-order valence-electron chi connectivity index (χ3n) is 2.20. The lowest BCUT2D eigenvalue weighted by atomic mass is 9.72. The zero-order chi connectivity index (χ0) is 7.72. The van der Waals surface area contributed by atoms with Crippen molar-refractivity contribution in [3.8, 4) is 0 Å². The molecule has 10 heavy (non-hydrogen) atoms. The van der Waals surface area contributed by atoms with Crippen LogP contribution < -0.4 is 5.73 Å². The van der Waals surface area contributed by atoms with Gasteiger partial charge in [-0.3, -0.25) is 4.79 Å². The Morgan fingerprint density at radius 3 is 2.50 bits per heavy atom. The number of hydrogen-bond donors (Lipinski definition) is 2. The highest BCUT2D eigenvalue weighted by molar-refractivity contribution is 5.73. The highest BCUT2D eigenvalue weighted by Crippen LogP contribution is 2.34. The smallest absolute Gasteiger partial charge is 0.320 e. The first kappa shape index (κ1) is 7.54. The Morgan fingerprint density at radius 1 is 1.70 bits per heavy atom. The van der Waals surface area contributed by atoms with Gasteiger partial charge in [-0.05, 0) is 24.7 Å². The van der Waals surface area contributed by atoms with Crippen LogP contribution in [0.1, 0.15) is 19.8 Å². The van der Waals surface area contributed by atoms with Gasteiger partial charge in [-0.1, -0.05) is 6.92 Å². The van der Waals surface area contributed by atoms with Crippen molar-refractivity contribution in [2.45, 2.75) is 25.8 Å². The predicted molar refractivity (Wildman–Crippen MR) is 37.5 cm³/mol. The normalized spacial score (nSPS) is 34.6. The van der Waals surface area contributed by atoms with Gasteiger partial charge in [0.15, 0.2) is 0 Å². The molecule has 0 spiro atoms. The molecule has 1 aliphatic rings. The van der Waals surface area contributed by atoms with Gasteiger partial charge in [0, 0.05) is 0 Å². The Bertz CT molecular complexity index is 141. The number of hydrogen-bond acceptors (Lipinski definition) is 2. The lowest BCUT2D eigenvalue weighted by Crippen LogP contribution is -2.43. The standard InChI is InChI=1S/C7H13NO2/c1-4-2-5(3-4)6(8)7(9)10/h4-6H,2-3,8H2,1H3,(H,9,10)/t4-,5+,6-/m1/s1. The third kappa shape index (κ3) is 1.29. The first-order valence-corrected chi connectivity index (χ1v) is 3.59. The minimum Gasteiger partial charge on any atom is -0.480 e. The maximum absolute atomic E-state index is 10.3. The summed E-state index contributed by atoms with van der Waals surface area (Å²) in [4.78, 5) is 10.3. The van der Waals surface area contributed by atoms with Crippen molar-refractivity contribution in [1.82, 2.24) is 0 Å². The summed E-state index contributed by atoms with van der Waals surface area (Å²) >= 11 is 0. The maximum Gasteiger partial charge on any atom is 0.320 e. The maximum atomic E-state index is 10.3. The summed E-state index contributed by atoms with van der Waals surface area (Å²) in [5, 5.41) is 8.48. The number of rotatable bonds is 2. The summed E-state index contributed by atoms with van der Waals surface area (Å²) in [6.07, 6.45) is 1.96. The fourth-order valence-electron chi connectivity index (χ4n) is 1.46. The Morgan fingerprint density at radius 2 is 2.20 bits per heavy atom. The van der Waals surface area contributed by atoms with E-state index in [1.54, 1.807) is 0 Å². The molecule has 0 saturated heterocycles. The minimum absolute atomic E-state index is 0.229. The van der Waals surface area contributed by atoms with E-state index in [1.807, 2.05) is 0 Å². The second-order valence-corrected chi connectivity index (χ2v) is 3.20. The van der Waals surface area contributed by atoms with E-state index >= 15 is 0 Å². The van der Waals surface area contributed by atoms with Gasteiger partial charge in [0.25, 0.3) is 0 Å². The van der Waals surface area contributed by atoms with E-state index in [4.69, 9.17) is 10.8 Å². The number of carboxylic acid groups (broad SMARTS) is 1. The predicted octanol–water partition coefficient (Wildman–Crippen LogP) is 0.444. The Hall–Kier alpha value is -0.570. The van der Waals surface area contributed by atoms with Gasteiger partial charge in [0.1, 0.15) is 6.04 Å². The molecule has 3 nitrogen and oxygen atoms in total. The number of aliphatic carboxylic acids is 1. The molecule has 3 heteroatoms. The summed E-state index contributed by atoms with van der Waals surface area (Å²) < 4.78 is 0. The second-order valence-electron chi connectivity index (χ2n) is 3.20. The Labute approximate surface area is 60.2 Å². The summed E-state index contributed by atoms with van der Waals surface area (Å²) in [5.41, 5.74) is 5.38. The van der Waals surface area contributed by atoms with Gasteiger partial charge in [0.05, 0.1) is 0 Å². The second kappa shape index (κ2) is 2.58. The summed E-state index contributed by atoms with van der Waals surface area (Å²) in [6, 6.07) is -0.629. The summed E-state index contributed by atoms with van der Waals surface area (Å²) in [5.74, 6) is 0.0415. The summed E-state index contributed by atoms with van der Waals surface area (Å²) in [7, 11) is 0. The highest BCUT2D eigenvalue weighted by atomic mass is 16.4. The van der Waals surface area contributed by atoms with Gasteiger partial charge >= 0.3 is 5.97 Å². The minimum atomic E-state index is -0.864. The summed E-state index contributed by atoms with van der Waals surface area (Å²) in [6.45, 7) is 2.12. The van der Waals surface area contributed by atoms with Crippen molar-refractivity contribution in [3.63, 3.8) is 0 Å². The van der Waals surface area contributed by atoms with Crippen molar-refractivity contribution in [2.24, 2.45) is 17.6 Å². The molecule has 1 fully saturated rings. The number of nitrogens with two attached hydrogens (primary N) is 1. The Balaban J connectivity index is 2.31. The van der Waals surface area contributed by atoms with Crippen molar-refractivity contribution in [2.75, 3.05) is 0 Å². The molecule has 0 radical (unpaired) electrons. The molecule has 0 aliphatic heterocycles. The van der Waals surface area contributed by atoms with E-state index in [-0.39, 0.29) is 5.92 Å². The molecule has 58 valence electrons. The van der Waals surface area contributed by atoms with Crippen molar-refractivity contribution in [1.29, 1.82) is 0 Å². The van der Waals surface area contributed by atoms with Crippen LogP contribution in [0.4, 0.5) is 0 Å². The van der Waals surface area contributed by atoms with Gasteiger partial charge in [-0.15, -0.1) is 0 Å². The molecule has 1 saturated carbocycles. The van der Waals surface area contributed by atoms with Gasteiger partial charge in [-0.25, -0.2) is 0 Å². The molecule has 0 heterocycles. The van der Waals surface area contributed by atoms with Crippen molar-refractivity contribution in [3.05, 3.63) is 0 Å². The van der Waals surface area contributed by atoms with E-state index < -0.39 is 12.0 Å². The fourth-order valence-corrected chi connectivity index (χ4v) is 1.46. The molecule has 0 bridgehead atoms. The molecule has 0 aromatic rings. The van der Waals surface area contributed by atoms with Gasteiger partial charge < -0.3 is 10.8 Å². The molecule has 0 aromatic carbocycles. The van der Waals surface area contributed by atoms with Crippen LogP contribution in [-0.2, 0) is 4.79 Å². The van der Waals surface area contributed by atoms with Crippen LogP contribution in [0.5, 0.6) is 0 Å². The molecule has 0 amide bonds. The van der Waals surface area contributed by atoms with Crippen LogP contribution in [0.15, 0.2) is 0 Å². The first-order valence-electron chi connectivity index (χ1n) is 3.59. The van der Waals surface area contributed by atoms with Crippen LogP contribution in [0.3, 0.4) is 0 Å². The van der Waals surface area contributed by atoms with E-state index in [0.29, 0.717) is 5.92 Å². The van der Waals surface area contributed by atoms with Crippen molar-refractivity contribution >= 4 is 5.97 Å². The van der Waals surface area contributed by atoms with E-state index in [9.17, 15) is 4.79 Å². The molecule has 0 aromatic heterocycles. The van der Waals surface area contributed by atoms with Gasteiger partial charge in [0.2, 0.25) is 0 Å². The molecule has 0 unspecified atom stereocenters. The van der Waals surface area contributed by atoms with Crippen LogP contribution in [0.2, 0.25) is 0 Å². The highest BCUT2D eigenvalue weighted by Gasteiger charge is 2.33. The first-order chi connectivity index (χ1) is 4.61. The molecule has 1 rings (SSSR count). The lowest BCUT2D eigenvalue weighted by Gasteiger charge is -2.34. The topological polar surface area (TPSA) is 63.3 Å². The number of carbonyl (C=O) groups is 1. The van der Waals surface area contributed by atoms with Crippen LogP contribution in [-0.4, -0.2) is 17.1 Å². The largest absolute Gasteiger partial charge is 0.480 e. The van der Waals surface area contributed by atoms with E-state index in [1.165, 1.54) is 0 Å². The monoisotopic (exact) mass is 143 g/mol. The quantitative estimate of drug-likeness (QED) is 0.589. The zero-order valence-electron chi connectivity index (χ0n) is 6.08.